The van der Waals surface area contributed by atoms with Crippen molar-refractivity contribution in [2.75, 3.05) is 5.73 Å². The SMILES string of the molecule is CCCc1cc(N)ccc1C(C)C. The van der Waals surface area contributed by atoms with E-state index in [1.165, 1.54) is 17.5 Å². The van der Waals surface area contributed by atoms with Crippen LogP contribution >= 0.6 is 0 Å². The standard InChI is InChI=1S/C12H19N/c1-4-5-10-8-11(13)6-7-12(10)9(2)3/h6-9H,4-5,13H2,1-3H3. The highest BCUT2D eigenvalue weighted by atomic mass is 14.5. The number of anilines is 1. The van der Waals surface area contributed by atoms with Gasteiger partial charge in [-0.2, -0.15) is 0 Å². The molecule has 72 valence electrons. The molecule has 0 aliphatic heterocycles. The zero-order valence-corrected chi connectivity index (χ0v) is 8.80. The molecule has 0 radical (unpaired) electrons. The molecule has 2 N–H and O–H groups in total. The fourth-order valence-corrected chi connectivity index (χ4v) is 1.67. The van der Waals surface area contributed by atoms with Gasteiger partial charge in [0.25, 0.3) is 0 Å². The van der Waals surface area contributed by atoms with Gasteiger partial charge in [-0.15, -0.1) is 0 Å². The van der Waals surface area contributed by atoms with Crippen LogP contribution in [0.25, 0.3) is 0 Å². The quantitative estimate of drug-likeness (QED) is 0.704. The molecule has 1 aromatic rings. The normalized spacial score (nSPS) is 10.8. The van der Waals surface area contributed by atoms with Crippen molar-refractivity contribution in [3.8, 4) is 0 Å². The molecule has 0 aliphatic carbocycles. The molecule has 0 saturated carbocycles. The number of aryl methyl sites for hydroxylation is 1. The van der Waals surface area contributed by atoms with E-state index >= 15 is 0 Å². The molecule has 1 rings (SSSR count). The van der Waals surface area contributed by atoms with Gasteiger partial charge in [-0.05, 0) is 35.6 Å². The van der Waals surface area contributed by atoms with Crippen LogP contribution in [0.15, 0.2) is 18.2 Å². The van der Waals surface area contributed by atoms with Crippen LogP contribution in [0.3, 0.4) is 0 Å². The Bertz CT molecular complexity index is 276. The van der Waals surface area contributed by atoms with Gasteiger partial charge in [-0.25, -0.2) is 0 Å². The Morgan fingerprint density at radius 2 is 2.00 bits per heavy atom. The van der Waals surface area contributed by atoms with Crippen LogP contribution < -0.4 is 5.73 Å². The van der Waals surface area contributed by atoms with E-state index in [1.807, 2.05) is 6.07 Å². The summed E-state index contributed by atoms with van der Waals surface area (Å²) in [7, 11) is 0. The predicted octanol–water partition coefficient (Wildman–Crippen LogP) is 3.34. The number of nitrogens with two attached hydrogens (primary N) is 1. The van der Waals surface area contributed by atoms with Gasteiger partial charge in [0.2, 0.25) is 0 Å². The third-order valence-electron chi connectivity index (χ3n) is 2.31. The summed E-state index contributed by atoms with van der Waals surface area (Å²) in [4.78, 5) is 0. The maximum Gasteiger partial charge on any atom is 0.0316 e. The zero-order valence-electron chi connectivity index (χ0n) is 8.80. The molecule has 0 atom stereocenters. The third-order valence-corrected chi connectivity index (χ3v) is 2.31. The molecule has 1 nitrogen and oxygen atoms in total. The van der Waals surface area contributed by atoms with E-state index in [2.05, 4.69) is 32.9 Å². The third kappa shape index (κ3) is 2.48. The van der Waals surface area contributed by atoms with Crippen molar-refractivity contribution in [2.45, 2.75) is 39.5 Å². The average molecular weight is 177 g/mol. The molecule has 0 saturated heterocycles. The lowest BCUT2D eigenvalue weighted by atomic mass is 9.94. The van der Waals surface area contributed by atoms with Gasteiger partial charge in [0.15, 0.2) is 0 Å². The van der Waals surface area contributed by atoms with Crippen LogP contribution in [-0.2, 0) is 6.42 Å². The second-order valence-electron chi connectivity index (χ2n) is 3.86. The van der Waals surface area contributed by atoms with Crippen molar-refractivity contribution < 1.29 is 0 Å². The summed E-state index contributed by atoms with van der Waals surface area (Å²) < 4.78 is 0. The molecule has 0 unspecified atom stereocenters. The largest absolute Gasteiger partial charge is 0.399 e. The van der Waals surface area contributed by atoms with Crippen molar-refractivity contribution >= 4 is 5.69 Å². The van der Waals surface area contributed by atoms with Gasteiger partial charge in [-0.1, -0.05) is 33.3 Å². The average Bonchev–Trinajstić information content (AvgIpc) is 2.04. The van der Waals surface area contributed by atoms with Crippen LogP contribution in [0.5, 0.6) is 0 Å². The van der Waals surface area contributed by atoms with Gasteiger partial charge >= 0.3 is 0 Å². The first-order chi connectivity index (χ1) is 6.15. The molecular formula is C12H19N. The van der Waals surface area contributed by atoms with E-state index in [4.69, 9.17) is 5.73 Å². The van der Waals surface area contributed by atoms with Gasteiger partial charge < -0.3 is 5.73 Å². The molecule has 0 aliphatic rings. The Morgan fingerprint density at radius 1 is 1.31 bits per heavy atom. The Hall–Kier alpha value is -0.980. The molecule has 0 bridgehead atoms. The maximum atomic E-state index is 5.76. The summed E-state index contributed by atoms with van der Waals surface area (Å²) >= 11 is 0. The predicted molar refractivity (Wildman–Crippen MR) is 58.9 cm³/mol. The Labute approximate surface area is 81.0 Å². The van der Waals surface area contributed by atoms with E-state index in [0.29, 0.717) is 5.92 Å². The van der Waals surface area contributed by atoms with Crippen LogP contribution in [0.1, 0.15) is 44.2 Å². The highest BCUT2D eigenvalue weighted by Crippen LogP contribution is 2.22. The summed E-state index contributed by atoms with van der Waals surface area (Å²) in [5, 5.41) is 0. The minimum Gasteiger partial charge on any atom is -0.399 e. The minimum absolute atomic E-state index is 0.599. The van der Waals surface area contributed by atoms with Gasteiger partial charge in [0.1, 0.15) is 0 Å². The number of nitrogen functional groups attached to an aromatic ring is 1. The first-order valence-electron chi connectivity index (χ1n) is 5.03. The highest BCUT2D eigenvalue weighted by molar-refractivity contribution is 5.45. The summed E-state index contributed by atoms with van der Waals surface area (Å²) in [5.74, 6) is 0.599. The molecule has 0 aromatic heterocycles. The van der Waals surface area contributed by atoms with Crippen LogP contribution in [-0.4, -0.2) is 0 Å². The second kappa shape index (κ2) is 4.31. The highest BCUT2D eigenvalue weighted by Gasteiger charge is 2.05. The van der Waals surface area contributed by atoms with E-state index in [9.17, 15) is 0 Å². The van der Waals surface area contributed by atoms with Crippen LogP contribution in [0, 0.1) is 0 Å². The lowest BCUT2D eigenvalue weighted by Crippen LogP contribution is -1.98. The number of hydrogen-bond acceptors (Lipinski definition) is 1. The fraction of sp³-hybridized carbons (Fsp3) is 0.500. The second-order valence-corrected chi connectivity index (χ2v) is 3.86. The monoisotopic (exact) mass is 177 g/mol. The molecule has 0 amide bonds. The van der Waals surface area contributed by atoms with E-state index in [1.54, 1.807) is 0 Å². The molecule has 1 aromatic carbocycles. The van der Waals surface area contributed by atoms with Crippen molar-refractivity contribution in [2.24, 2.45) is 0 Å². The van der Waals surface area contributed by atoms with E-state index < -0.39 is 0 Å². The maximum absolute atomic E-state index is 5.76. The molecular weight excluding hydrogens is 158 g/mol. The van der Waals surface area contributed by atoms with E-state index in [-0.39, 0.29) is 0 Å². The number of benzene rings is 1. The lowest BCUT2D eigenvalue weighted by molar-refractivity contribution is 0.821. The van der Waals surface area contributed by atoms with Gasteiger partial charge in [0, 0.05) is 5.69 Å². The number of rotatable bonds is 3. The van der Waals surface area contributed by atoms with Crippen molar-refractivity contribution in [3.63, 3.8) is 0 Å². The van der Waals surface area contributed by atoms with Crippen LogP contribution in [0.4, 0.5) is 5.69 Å². The fourth-order valence-electron chi connectivity index (χ4n) is 1.67. The lowest BCUT2D eigenvalue weighted by Gasteiger charge is -2.12. The Balaban J connectivity index is 3.03. The van der Waals surface area contributed by atoms with Gasteiger partial charge in [0.05, 0.1) is 0 Å². The molecule has 0 heterocycles. The summed E-state index contributed by atoms with van der Waals surface area (Å²) in [6.45, 7) is 6.66. The van der Waals surface area contributed by atoms with Crippen molar-refractivity contribution in [1.29, 1.82) is 0 Å². The van der Waals surface area contributed by atoms with E-state index in [0.717, 1.165) is 12.1 Å². The van der Waals surface area contributed by atoms with Gasteiger partial charge in [-0.3, -0.25) is 0 Å². The summed E-state index contributed by atoms with van der Waals surface area (Å²) in [6.07, 6.45) is 2.32. The molecule has 0 fully saturated rings. The Kier molecular flexibility index (Phi) is 3.35. The van der Waals surface area contributed by atoms with Crippen molar-refractivity contribution in [1.82, 2.24) is 0 Å². The molecule has 13 heavy (non-hydrogen) atoms. The number of hydrogen-bond donors (Lipinski definition) is 1. The smallest absolute Gasteiger partial charge is 0.0316 e. The summed E-state index contributed by atoms with van der Waals surface area (Å²) in [6, 6.07) is 6.26. The first kappa shape index (κ1) is 10.1. The molecule has 1 heteroatoms. The summed E-state index contributed by atoms with van der Waals surface area (Å²) in [5.41, 5.74) is 9.50. The van der Waals surface area contributed by atoms with Crippen molar-refractivity contribution in [3.05, 3.63) is 29.3 Å². The minimum atomic E-state index is 0.599. The topological polar surface area (TPSA) is 26.0 Å². The Morgan fingerprint density at radius 3 is 2.54 bits per heavy atom. The first-order valence-corrected chi connectivity index (χ1v) is 5.03. The molecule has 0 spiro atoms. The zero-order chi connectivity index (χ0) is 9.84. The van der Waals surface area contributed by atoms with Crippen LogP contribution in [0.2, 0.25) is 0 Å².